The molecular formula is C27H40N2O4S. The number of piperazine rings is 1. The van der Waals surface area contributed by atoms with Crippen molar-refractivity contribution in [3.63, 3.8) is 0 Å². The van der Waals surface area contributed by atoms with Gasteiger partial charge in [0.1, 0.15) is 12.4 Å². The van der Waals surface area contributed by atoms with Gasteiger partial charge in [0.15, 0.2) is 0 Å². The number of carbonyl (C=O) groups is 2. The predicted molar refractivity (Wildman–Crippen MR) is 138 cm³/mol. The van der Waals surface area contributed by atoms with Crippen LogP contribution in [0.1, 0.15) is 63.9 Å². The van der Waals surface area contributed by atoms with Crippen LogP contribution in [0.2, 0.25) is 0 Å². The van der Waals surface area contributed by atoms with Crippen LogP contribution in [0.3, 0.4) is 0 Å². The number of carbonyl (C=O) groups excluding carboxylic acids is 2. The van der Waals surface area contributed by atoms with Crippen molar-refractivity contribution in [2.45, 2.75) is 69.6 Å². The molecular weight excluding hydrogens is 448 g/mol. The van der Waals surface area contributed by atoms with Crippen molar-refractivity contribution in [2.75, 3.05) is 39.9 Å². The zero-order valence-corrected chi connectivity index (χ0v) is 21.6. The number of aliphatic hydroxyl groups is 1. The summed E-state index contributed by atoms with van der Waals surface area (Å²) in [6.07, 6.45) is 12.4. The number of amides is 1. The van der Waals surface area contributed by atoms with Gasteiger partial charge < -0.3 is 14.7 Å². The fraction of sp³-hybridized carbons (Fsp3) is 0.630. The molecule has 0 bridgehead atoms. The highest BCUT2D eigenvalue weighted by atomic mass is 32.2. The summed E-state index contributed by atoms with van der Waals surface area (Å²) in [4.78, 5) is 26.5. The Hall–Kier alpha value is -1.83. The Labute approximate surface area is 208 Å². The zero-order valence-electron chi connectivity index (χ0n) is 20.8. The molecule has 34 heavy (non-hydrogen) atoms. The molecule has 1 saturated carbocycles. The first-order valence-electron chi connectivity index (χ1n) is 12.7. The van der Waals surface area contributed by atoms with E-state index in [-0.39, 0.29) is 5.91 Å². The molecule has 1 atom stereocenters. The minimum absolute atomic E-state index is 0.177. The van der Waals surface area contributed by atoms with E-state index in [2.05, 4.69) is 24.0 Å². The number of nitrogens with zero attached hydrogens (tertiary/aromatic N) is 2. The number of hydrogen-bond acceptors (Lipinski definition) is 6. The molecule has 0 aromatic heterocycles. The molecule has 4 rings (SSSR count). The molecule has 188 valence electrons. The molecule has 1 N–H and O–H groups in total. The maximum absolute atomic E-state index is 11.3. The van der Waals surface area contributed by atoms with Gasteiger partial charge in [-0.1, -0.05) is 69.3 Å². The first-order chi connectivity index (χ1) is 16.5. The molecule has 6 nitrogen and oxygen atoms in total. The monoisotopic (exact) mass is 488 g/mol. The van der Waals surface area contributed by atoms with Crippen molar-refractivity contribution in [3.8, 4) is 5.75 Å². The quantitative estimate of drug-likeness (QED) is 0.465. The van der Waals surface area contributed by atoms with E-state index in [1.165, 1.54) is 62.5 Å². The topological polar surface area (TPSA) is 70.1 Å². The number of thioether (sulfide) groups is 1. The maximum Gasteiger partial charge on any atom is 0.248 e. The van der Waals surface area contributed by atoms with Crippen molar-refractivity contribution in [1.29, 1.82) is 0 Å². The van der Waals surface area contributed by atoms with E-state index in [4.69, 9.17) is 9.84 Å². The smallest absolute Gasteiger partial charge is 0.248 e. The van der Waals surface area contributed by atoms with E-state index in [1.54, 1.807) is 23.8 Å². The molecule has 1 saturated heterocycles. The molecule has 7 heteroatoms. The fourth-order valence-electron chi connectivity index (χ4n) is 4.65. The van der Waals surface area contributed by atoms with Crippen molar-refractivity contribution < 1.29 is 19.4 Å². The number of unbranched alkanes of at least 4 members (excludes halogenated alkanes) is 5. The van der Waals surface area contributed by atoms with Crippen LogP contribution in [0.4, 0.5) is 0 Å². The van der Waals surface area contributed by atoms with E-state index in [1.807, 2.05) is 18.2 Å². The van der Waals surface area contributed by atoms with Gasteiger partial charge in [0.05, 0.1) is 7.11 Å². The number of aliphatic hydroxyl groups excluding tert-OH is 1. The van der Waals surface area contributed by atoms with Crippen LogP contribution < -0.4 is 4.74 Å². The Balaban J connectivity index is 0.000000196. The fourth-order valence-corrected chi connectivity index (χ4v) is 5.90. The number of benzene rings is 1. The maximum atomic E-state index is 11.3. The second-order valence-electron chi connectivity index (χ2n) is 9.44. The summed E-state index contributed by atoms with van der Waals surface area (Å²) in [6, 6.07) is 8.04. The third-order valence-corrected chi connectivity index (χ3v) is 8.20. The van der Waals surface area contributed by atoms with Crippen LogP contribution in [0.25, 0.3) is 0 Å². The Morgan fingerprint density at radius 2 is 1.74 bits per heavy atom. The van der Waals surface area contributed by atoms with Gasteiger partial charge in [0.2, 0.25) is 11.0 Å². The molecule has 2 heterocycles. The molecule has 2 fully saturated rings. The van der Waals surface area contributed by atoms with E-state index in [9.17, 15) is 9.59 Å². The standard InChI is InChI=1S/C14H20N2O3.C13H20OS/c1-19-13-4-2-12(3-5-13)10-15-6-8-16(9-7-15)14(18)11-17;1-2-3-4-5-6-7-8-13-10-11(13)9-12(14)15-13/h2-5,17H,6-11H2,1H3;9H,2-8,10H2,1H3. The van der Waals surface area contributed by atoms with E-state index < -0.39 is 6.61 Å². The highest BCUT2D eigenvalue weighted by molar-refractivity contribution is 8.16. The Kier molecular flexibility index (Phi) is 10.5. The van der Waals surface area contributed by atoms with Gasteiger partial charge in [0.25, 0.3) is 0 Å². The largest absolute Gasteiger partial charge is 0.497 e. The number of hydrogen-bond donors (Lipinski definition) is 1. The summed E-state index contributed by atoms with van der Waals surface area (Å²) in [5, 5.41) is 9.11. The lowest BCUT2D eigenvalue weighted by Gasteiger charge is -2.34. The Morgan fingerprint density at radius 3 is 2.32 bits per heavy atom. The van der Waals surface area contributed by atoms with Gasteiger partial charge in [-0.3, -0.25) is 14.5 Å². The highest BCUT2D eigenvalue weighted by Gasteiger charge is 2.54. The minimum Gasteiger partial charge on any atom is -0.497 e. The van der Waals surface area contributed by atoms with Gasteiger partial charge in [-0.15, -0.1) is 0 Å². The summed E-state index contributed by atoms with van der Waals surface area (Å²) in [6.45, 7) is 5.81. The second-order valence-corrected chi connectivity index (χ2v) is 10.8. The van der Waals surface area contributed by atoms with Crippen LogP contribution in [-0.4, -0.2) is 70.6 Å². The SMILES string of the molecule is CCCCCCCCC12CC1=CC(=O)S2.COc1ccc(CN2CCN(C(=O)CO)CC2)cc1. The van der Waals surface area contributed by atoms with E-state index in [0.717, 1.165) is 25.4 Å². The van der Waals surface area contributed by atoms with Crippen LogP contribution in [-0.2, 0) is 16.1 Å². The number of methoxy groups -OCH3 is 1. The molecule has 2 aliphatic heterocycles. The Bertz CT molecular complexity index is 834. The molecule has 0 radical (unpaired) electrons. The lowest BCUT2D eigenvalue weighted by atomic mass is 10.1. The normalized spacial score (nSPS) is 21.4. The number of ether oxygens (including phenoxy) is 1. The van der Waals surface area contributed by atoms with Gasteiger partial charge >= 0.3 is 0 Å². The molecule has 3 aliphatic rings. The summed E-state index contributed by atoms with van der Waals surface area (Å²) >= 11 is 1.58. The number of rotatable bonds is 11. The van der Waals surface area contributed by atoms with E-state index in [0.29, 0.717) is 23.0 Å². The first kappa shape index (κ1) is 26.8. The molecule has 1 aliphatic carbocycles. The molecule has 1 aromatic carbocycles. The van der Waals surface area contributed by atoms with Crippen molar-refractivity contribution >= 4 is 22.8 Å². The van der Waals surface area contributed by atoms with Crippen molar-refractivity contribution in [3.05, 3.63) is 41.5 Å². The molecule has 1 unspecified atom stereocenters. The summed E-state index contributed by atoms with van der Waals surface area (Å²) < 4.78 is 5.44. The third-order valence-electron chi connectivity index (χ3n) is 6.88. The summed E-state index contributed by atoms with van der Waals surface area (Å²) in [7, 11) is 1.66. The Morgan fingerprint density at radius 1 is 1.06 bits per heavy atom. The average molecular weight is 489 g/mol. The van der Waals surface area contributed by atoms with Crippen LogP contribution in [0.5, 0.6) is 5.75 Å². The van der Waals surface area contributed by atoms with E-state index >= 15 is 0 Å². The van der Waals surface area contributed by atoms with Gasteiger partial charge in [0, 0.05) is 37.5 Å². The lowest BCUT2D eigenvalue weighted by molar-refractivity contribution is -0.136. The highest BCUT2D eigenvalue weighted by Crippen LogP contribution is 2.61. The minimum atomic E-state index is -0.390. The predicted octanol–water partition coefficient (Wildman–Crippen LogP) is 4.41. The van der Waals surface area contributed by atoms with Crippen molar-refractivity contribution in [2.24, 2.45) is 0 Å². The lowest BCUT2D eigenvalue weighted by Crippen LogP contribution is -2.49. The average Bonchev–Trinajstić information content (AvgIpc) is 3.42. The summed E-state index contributed by atoms with van der Waals surface area (Å²) in [5.41, 5.74) is 2.66. The van der Waals surface area contributed by atoms with Crippen LogP contribution >= 0.6 is 11.8 Å². The van der Waals surface area contributed by atoms with Gasteiger partial charge in [-0.05, 0) is 42.2 Å². The first-order valence-corrected chi connectivity index (χ1v) is 13.5. The third kappa shape index (κ3) is 7.85. The number of fused-ring (bicyclic) bond motifs is 1. The van der Waals surface area contributed by atoms with Crippen molar-refractivity contribution in [1.82, 2.24) is 9.80 Å². The zero-order chi connectivity index (χ0) is 24.4. The van der Waals surface area contributed by atoms with Crippen LogP contribution in [0, 0.1) is 0 Å². The second kappa shape index (κ2) is 13.3. The van der Waals surface area contributed by atoms with Gasteiger partial charge in [-0.25, -0.2) is 0 Å². The van der Waals surface area contributed by atoms with Crippen LogP contribution in [0.15, 0.2) is 35.9 Å². The van der Waals surface area contributed by atoms with Gasteiger partial charge in [-0.2, -0.15) is 0 Å². The molecule has 0 spiro atoms. The molecule has 1 amide bonds. The molecule has 1 aromatic rings. The summed E-state index contributed by atoms with van der Waals surface area (Å²) in [5.74, 6) is 0.686.